The molecule has 0 spiro atoms. The molecule has 1 atom stereocenters. The topological polar surface area (TPSA) is 95.1 Å². The van der Waals surface area contributed by atoms with E-state index >= 15 is 0 Å². The number of carbonyl (C=O) groups excluding carboxylic acids is 2. The first-order chi connectivity index (χ1) is 16.4. The van der Waals surface area contributed by atoms with Crippen LogP contribution in [0.3, 0.4) is 0 Å². The highest BCUT2D eigenvalue weighted by atomic mass is 19.1. The number of amides is 2. The van der Waals surface area contributed by atoms with Crippen LogP contribution in [-0.4, -0.2) is 51.5 Å². The van der Waals surface area contributed by atoms with Crippen molar-refractivity contribution >= 4 is 24.4 Å². The van der Waals surface area contributed by atoms with Crippen LogP contribution in [0, 0.1) is 5.82 Å². The third-order valence-corrected chi connectivity index (χ3v) is 5.45. The SMILES string of the molecule is C=N/C=C(/CCNCc1ccc(-c2ccc(N3C[C@H](CNC(C)=O)OC3=O)cc2F)cc1)NC. The number of cyclic esters (lactones) is 1. The van der Waals surface area contributed by atoms with Crippen molar-refractivity contribution in [2.45, 2.75) is 26.0 Å². The second-order valence-electron chi connectivity index (χ2n) is 7.93. The Labute approximate surface area is 198 Å². The lowest BCUT2D eigenvalue weighted by molar-refractivity contribution is -0.119. The van der Waals surface area contributed by atoms with E-state index < -0.39 is 18.0 Å². The Hall–Kier alpha value is -3.72. The van der Waals surface area contributed by atoms with Crippen molar-refractivity contribution in [1.82, 2.24) is 16.0 Å². The van der Waals surface area contributed by atoms with E-state index in [1.165, 1.54) is 17.9 Å². The fourth-order valence-corrected chi connectivity index (χ4v) is 3.62. The number of carbonyl (C=O) groups is 2. The lowest BCUT2D eigenvalue weighted by Crippen LogP contribution is -2.33. The minimum absolute atomic E-state index is 0.201. The summed E-state index contributed by atoms with van der Waals surface area (Å²) in [4.78, 5) is 28.4. The summed E-state index contributed by atoms with van der Waals surface area (Å²) < 4.78 is 20.2. The summed E-state index contributed by atoms with van der Waals surface area (Å²) in [5.41, 5.74) is 3.70. The lowest BCUT2D eigenvalue weighted by atomic mass is 10.0. The summed E-state index contributed by atoms with van der Waals surface area (Å²) in [6, 6.07) is 12.4. The maximum Gasteiger partial charge on any atom is 0.414 e. The molecule has 0 radical (unpaired) electrons. The summed E-state index contributed by atoms with van der Waals surface area (Å²) in [5.74, 6) is -0.628. The predicted molar refractivity (Wildman–Crippen MR) is 131 cm³/mol. The minimum atomic E-state index is -0.558. The normalized spacial score (nSPS) is 15.7. The number of aliphatic imine (C=N–C) groups is 1. The van der Waals surface area contributed by atoms with Crippen LogP contribution in [0.4, 0.5) is 14.9 Å². The van der Waals surface area contributed by atoms with Crippen molar-refractivity contribution in [3.05, 3.63) is 65.7 Å². The molecule has 2 amide bonds. The quantitative estimate of drug-likeness (QED) is 0.349. The maximum absolute atomic E-state index is 14.9. The summed E-state index contributed by atoms with van der Waals surface area (Å²) in [6.45, 7) is 6.79. The van der Waals surface area contributed by atoms with Gasteiger partial charge in [0.15, 0.2) is 0 Å². The zero-order valence-electron chi connectivity index (χ0n) is 19.4. The van der Waals surface area contributed by atoms with Crippen LogP contribution in [0.15, 0.2) is 59.4 Å². The van der Waals surface area contributed by atoms with Gasteiger partial charge in [-0.05, 0) is 36.0 Å². The highest BCUT2D eigenvalue weighted by Crippen LogP contribution is 2.29. The molecular weight excluding hydrogens is 437 g/mol. The Morgan fingerprint density at radius 1 is 1.29 bits per heavy atom. The second-order valence-corrected chi connectivity index (χ2v) is 7.93. The first kappa shape index (κ1) is 24.9. The smallest absolute Gasteiger partial charge is 0.414 e. The van der Waals surface area contributed by atoms with Gasteiger partial charge < -0.3 is 20.7 Å². The number of nitrogens with zero attached hydrogens (tertiary/aromatic N) is 2. The molecule has 0 aliphatic carbocycles. The molecule has 3 N–H and O–H groups in total. The van der Waals surface area contributed by atoms with Crippen molar-refractivity contribution in [2.24, 2.45) is 4.99 Å². The lowest BCUT2D eigenvalue weighted by Gasteiger charge is -2.15. The van der Waals surface area contributed by atoms with Crippen molar-refractivity contribution in [2.75, 3.05) is 31.6 Å². The van der Waals surface area contributed by atoms with Gasteiger partial charge in [-0.2, -0.15) is 0 Å². The van der Waals surface area contributed by atoms with Crippen molar-refractivity contribution in [1.29, 1.82) is 0 Å². The molecule has 0 aromatic heterocycles. The molecule has 0 saturated carbocycles. The molecule has 1 aliphatic rings. The standard InChI is InChI=1S/C25H30FN5O3/c1-17(32)30-15-22-16-31(25(33)34-22)21-8-9-23(24(26)12-21)19-6-4-18(5-7-19)13-29-11-10-20(28-3)14-27-2/h4-9,12,14,22,28-29H,2,10-11,13,15-16H2,1,3H3,(H,30,32)/b20-14-/t22-/m0/s1. The minimum Gasteiger partial charge on any atom is -0.442 e. The molecule has 1 saturated heterocycles. The predicted octanol–water partition coefficient (Wildman–Crippen LogP) is 3.20. The molecule has 1 heterocycles. The van der Waals surface area contributed by atoms with Crippen LogP contribution in [0.5, 0.6) is 0 Å². The first-order valence-corrected chi connectivity index (χ1v) is 11.1. The largest absolute Gasteiger partial charge is 0.442 e. The average Bonchev–Trinajstić information content (AvgIpc) is 3.20. The number of hydrogen-bond acceptors (Lipinski definition) is 6. The first-order valence-electron chi connectivity index (χ1n) is 11.1. The van der Waals surface area contributed by atoms with Crippen LogP contribution in [0.25, 0.3) is 11.1 Å². The molecule has 1 aliphatic heterocycles. The van der Waals surface area contributed by atoms with E-state index in [-0.39, 0.29) is 19.0 Å². The molecule has 3 rings (SSSR count). The Bertz CT molecular complexity index is 1060. The van der Waals surface area contributed by atoms with E-state index in [0.29, 0.717) is 17.8 Å². The molecule has 2 aromatic rings. The van der Waals surface area contributed by atoms with Gasteiger partial charge in [-0.25, -0.2) is 9.18 Å². The van der Waals surface area contributed by atoms with E-state index in [9.17, 15) is 14.0 Å². The van der Waals surface area contributed by atoms with Gasteiger partial charge in [-0.3, -0.25) is 14.7 Å². The van der Waals surface area contributed by atoms with Gasteiger partial charge in [0.2, 0.25) is 5.91 Å². The van der Waals surface area contributed by atoms with Gasteiger partial charge in [0, 0.05) is 50.9 Å². The molecule has 180 valence electrons. The Balaban J connectivity index is 1.58. The number of anilines is 1. The molecule has 1 fully saturated rings. The molecule has 2 aromatic carbocycles. The zero-order chi connectivity index (χ0) is 24.5. The summed E-state index contributed by atoms with van der Waals surface area (Å²) in [5, 5.41) is 9.07. The van der Waals surface area contributed by atoms with Crippen LogP contribution in [-0.2, 0) is 16.1 Å². The van der Waals surface area contributed by atoms with E-state index in [1.807, 2.05) is 31.3 Å². The van der Waals surface area contributed by atoms with Crippen molar-refractivity contribution in [3.8, 4) is 11.1 Å². The fraction of sp³-hybridized carbons (Fsp3) is 0.320. The van der Waals surface area contributed by atoms with E-state index in [1.54, 1.807) is 18.3 Å². The summed E-state index contributed by atoms with van der Waals surface area (Å²) in [6.07, 6.45) is 1.48. The number of ether oxygens (including phenoxy) is 1. The Morgan fingerprint density at radius 3 is 2.71 bits per heavy atom. The number of hydrogen-bond donors (Lipinski definition) is 3. The van der Waals surface area contributed by atoms with Gasteiger partial charge >= 0.3 is 6.09 Å². The van der Waals surface area contributed by atoms with Gasteiger partial charge in [0.05, 0.1) is 18.8 Å². The van der Waals surface area contributed by atoms with E-state index in [4.69, 9.17) is 4.74 Å². The van der Waals surface area contributed by atoms with E-state index in [0.717, 1.165) is 29.8 Å². The Morgan fingerprint density at radius 2 is 2.06 bits per heavy atom. The van der Waals surface area contributed by atoms with Crippen LogP contribution < -0.4 is 20.9 Å². The fourth-order valence-electron chi connectivity index (χ4n) is 3.62. The number of nitrogens with one attached hydrogen (secondary N) is 3. The number of benzene rings is 2. The maximum atomic E-state index is 14.9. The molecule has 8 nitrogen and oxygen atoms in total. The number of halogens is 1. The van der Waals surface area contributed by atoms with Crippen LogP contribution >= 0.6 is 0 Å². The van der Waals surface area contributed by atoms with E-state index in [2.05, 4.69) is 27.7 Å². The molecule has 0 unspecified atom stereocenters. The zero-order valence-corrected chi connectivity index (χ0v) is 19.4. The van der Waals surface area contributed by atoms with Gasteiger partial charge in [-0.1, -0.05) is 24.3 Å². The third kappa shape index (κ3) is 6.64. The third-order valence-electron chi connectivity index (χ3n) is 5.45. The molecule has 0 bridgehead atoms. The Kier molecular flexibility index (Phi) is 8.75. The molecular formula is C25H30FN5O3. The van der Waals surface area contributed by atoms with Crippen molar-refractivity contribution < 1.29 is 18.7 Å². The highest BCUT2D eigenvalue weighted by Gasteiger charge is 2.32. The molecule has 34 heavy (non-hydrogen) atoms. The second kappa shape index (κ2) is 11.9. The van der Waals surface area contributed by atoms with Gasteiger partial charge in [-0.15, -0.1) is 0 Å². The van der Waals surface area contributed by atoms with Crippen LogP contribution in [0.2, 0.25) is 0 Å². The monoisotopic (exact) mass is 467 g/mol. The average molecular weight is 468 g/mol. The highest BCUT2D eigenvalue weighted by molar-refractivity contribution is 5.90. The van der Waals surface area contributed by atoms with Crippen molar-refractivity contribution in [3.63, 3.8) is 0 Å². The number of rotatable bonds is 11. The van der Waals surface area contributed by atoms with Crippen LogP contribution in [0.1, 0.15) is 18.9 Å². The van der Waals surface area contributed by atoms with Gasteiger partial charge in [0.25, 0.3) is 0 Å². The molecule has 9 heteroatoms. The van der Waals surface area contributed by atoms with Gasteiger partial charge in [0.1, 0.15) is 11.9 Å². The summed E-state index contributed by atoms with van der Waals surface area (Å²) in [7, 11) is 1.85. The summed E-state index contributed by atoms with van der Waals surface area (Å²) >= 11 is 0.